The minimum atomic E-state index is -0.361. The van der Waals surface area contributed by atoms with E-state index in [4.69, 9.17) is 5.73 Å². The number of piperazine rings is 1. The molecule has 6 heteroatoms. The van der Waals surface area contributed by atoms with Crippen molar-refractivity contribution in [3.8, 4) is 0 Å². The fourth-order valence-corrected chi connectivity index (χ4v) is 2.58. The van der Waals surface area contributed by atoms with Gasteiger partial charge in [0.2, 0.25) is 0 Å². The topological polar surface area (TPSA) is 75.6 Å². The van der Waals surface area contributed by atoms with Gasteiger partial charge in [0, 0.05) is 50.5 Å². The number of hydrogen-bond acceptors (Lipinski definition) is 5. The number of nitrogens with two attached hydrogens (primary N) is 1. The number of likely N-dealkylation sites (N-methyl/N-ethyl adjacent to an activating group) is 1. The first-order chi connectivity index (χ1) is 9.02. The molecule has 0 bridgehead atoms. The first-order valence-electron chi connectivity index (χ1n) is 6.44. The molecule has 0 aromatic heterocycles. The molecule has 1 saturated heterocycles. The van der Waals surface area contributed by atoms with Gasteiger partial charge in [0.05, 0.1) is 4.92 Å². The highest BCUT2D eigenvalue weighted by Crippen LogP contribution is 2.30. The van der Waals surface area contributed by atoms with Gasteiger partial charge in [-0.1, -0.05) is 0 Å². The molecule has 0 atom stereocenters. The molecule has 1 fully saturated rings. The summed E-state index contributed by atoms with van der Waals surface area (Å²) in [5, 5.41) is 10.9. The predicted molar refractivity (Wildman–Crippen MR) is 75.4 cm³/mol. The smallest absolute Gasteiger partial charge is 0.270 e. The Morgan fingerprint density at radius 1 is 1.32 bits per heavy atom. The quantitative estimate of drug-likeness (QED) is 0.654. The molecule has 0 radical (unpaired) electrons. The molecule has 19 heavy (non-hydrogen) atoms. The minimum Gasteiger partial charge on any atom is -0.368 e. The summed E-state index contributed by atoms with van der Waals surface area (Å²) >= 11 is 0. The number of aryl methyl sites for hydroxylation is 1. The summed E-state index contributed by atoms with van der Waals surface area (Å²) in [6.07, 6.45) is 0. The van der Waals surface area contributed by atoms with E-state index in [1.165, 1.54) is 0 Å². The summed E-state index contributed by atoms with van der Waals surface area (Å²) in [5.41, 5.74) is 8.74. The number of hydrogen-bond donors (Lipinski definition) is 1. The van der Waals surface area contributed by atoms with Crippen LogP contribution in [-0.2, 0) is 6.54 Å². The molecular formula is C13H20N4O2. The van der Waals surface area contributed by atoms with Crippen molar-refractivity contribution < 1.29 is 4.92 Å². The first-order valence-corrected chi connectivity index (χ1v) is 6.44. The second kappa shape index (κ2) is 5.54. The third-order valence-corrected chi connectivity index (χ3v) is 3.61. The Morgan fingerprint density at radius 3 is 2.47 bits per heavy atom. The van der Waals surface area contributed by atoms with Gasteiger partial charge in [-0.25, -0.2) is 0 Å². The highest BCUT2D eigenvalue weighted by atomic mass is 16.6. The van der Waals surface area contributed by atoms with Crippen LogP contribution in [0, 0.1) is 17.0 Å². The summed E-state index contributed by atoms with van der Waals surface area (Å²) in [6, 6.07) is 3.23. The van der Waals surface area contributed by atoms with Crippen LogP contribution in [0.25, 0.3) is 0 Å². The number of anilines is 1. The lowest BCUT2D eigenvalue weighted by Crippen LogP contribution is -2.45. The average molecular weight is 264 g/mol. The number of rotatable bonds is 3. The number of benzene rings is 1. The SMILES string of the molecule is Cc1cc([N+](=O)[O-])cc(CN)c1N1CCN(C)CC1. The molecule has 0 amide bonds. The molecule has 0 aliphatic carbocycles. The lowest BCUT2D eigenvalue weighted by molar-refractivity contribution is -0.384. The van der Waals surface area contributed by atoms with Crippen LogP contribution in [0.15, 0.2) is 12.1 Å². The normalized spacial score (nSPS) is 16.7. The summed E-state index contributed by atoms with van der Waals surface area (Å²) in [4.78, 5) is 15.1. The van der Waals surface area contributed by atoms with E-state index in [1.54, 1.807) is 12.1 Å². The fraction of sp³-hybridized carbons (Fsp3) is 0.538. The van der Waals surface area contributed by atoms with Crippen molar-refractivity contribution in [1.82, 2.24) is 4.90 Å². The maximum atomic E-state index is 10.9. The number of non-ortho nitro benzene ring substituents is 1. The van der Waals surface area contributed by atoms with Gasteiger partial charge in [-0.2, -0.15) is 0 Å². The summed E-state index contributed by atoms with van der Waals surface area (Å²) in [7, 11) is 2.10. The molecule has 1 aliphatic heterocycles. The van der Waals surface area contributed by atoms with E-state index in [0.29, 0.717) is 6.54 Å². The standard InChI is InChI=1S/C13H20N4O2/c1-10-7-12(17(18)19)8-11(9-14)13(10)16-5-3-15(2)4-6-16/h7-8H,3-6,9,14H2,1-2H3. The Morgan fingerprint density at radius 2 is 1.95 bits per heavy atom. The molecule has 1 aliphatic rings. The largest absolute Gasteiger partial charge is 0.368 e. The predicted octanol–water partition coefficient (Wildman–Crippen LogP) is 1.11. The third-order valence-electron chi connectivity index (χ3n) is 3.61. The van der Waals surface area contributed by atoms with Crippen molar-refractivity contribution in [2.24, 2.45) is 5.73 Å². The van der Waals surface area contributed by atoms with Gasteiger partial charge in [-0.05, 0) is 25.1 Å². The fourth-order valence-electron chi connectivity index (χ4n) is 2.58. The van der Waals surface area contributed by atoms with Crippen molar-refractivity contribution >= 4 is 11.4 Å². The molecule has 6 nitrogen and oxygen atoms in total. The molecule has 1 aromatic rings. The Labute approximate surface area is 112 Å². The molecule has 0 spiro atoms. The van der Waals surface area contributed by atoms with Crippen LogP contribution in [0.4, 0.5) is 11.4 Å². The molecule has 2 rings (SSSR count). The second-order valence-electron chi connectivity index (χ2n) is 5.02. The van der Waals surface area contributed by atoms with Gasteiger partial charge in [-0.15, -0.1) is 0 Å². The first kappa shape index (κ1) is 13.8. The van der Waals surface area contributed by atoms with Crippen LogP contribution in [0.3, 0.4) is 0 Å². The number of nitro benzene ring substituents is 1. The van der Waals surface area contributed by atoms with Crippen molar-refractivity contribution in [2.45, 2.75) is 13.5 Å². The second-order valence-corrected chi connectivity index (χ2v) is 5.02. The third kappa shape index (κ3) is 2.85. The van der Waals surface area contributed by atoms with Gasteiger partial charge in [-0.3, -0.25) is 10.1 Å². The van der Waals surface area contributed by atoms with Crippen LogP contribution in [0.2, 0.25) is 0 Å². The van der Waals surface area contributed by atoms with Crippen molar-refractivity contribution in [3.63, 3.8) is 0 Å². The zero-order valence-corrected chi connectivity index (χ0v) is 11.4. The average Bonchev–Trinajstić information content (AvgIpc) is 2.39. The lowest BCUT2D eigenvalue weighted by Gasteiger charge is -2.36. The highest BCUT2D eigenvalue weighted by molar-refractivity contribution is 5.63. The van der Waals surface area contributed by atoms with E-state index in [2.05, 4.69) is 16.8 Å². The molecule has 0 saturated carbocycles. The van der Waals surface area contributed by atoms with Crippen LogP contribution in [-0.4, -0.2) is 43.0 Å². The maximum Gasteiger partial charge on any atom is 0.270 e. The van der Waals surface area contributed by atoms with Gasteiger partial charge in [0.1, 0.15) is 0 Å². The van der Waals surface area contributed by atoms with Crippen LogP contribution in [0.1, 0.15) is 11.1 Å². The maximum absolute atomic E-state index is 10.9. The molecule has 0 unspecified atom stereocenters. The van der Waals surface area contributed by atoms with Crippen LogP contribution in [0.5, 0.6) is 0 Å². The van der Waals surface area contributed by atoms with Gasteiger partial charge >= 0.3 is 0 Å². The molecular weight excluding hydrogens is 244 g/mol. The van der Waals surface area contributed by atoms with E-state index < -0.39 is 0 Å². The summed E-state index contributed by atoms with van der Waals surface area (Å²) < 4.78 is 0. The highest BCUT2D eigenvalue weighted by Gasteiger charge is 2.21. The van der Waals surface area contributed by atoms with E-state index in [9.17, 15) is 10.1 Å². The zero-order chi connectivity index (χ0) is 14.0. The van der Waals surface area contributed by atoms with E-state index >= 15 is 0 Å². The zero-order valence-electron chi connectivity index (χ0n) is 11.4. The minimum absolute atomic E-state index is 0.121. The van der Waals surface area contributed by atoms with Gasteiger partial charge < -0.3 is 15.5 Å². The Hall–Kier alpha value is -1.66. The Balaban J connectivity index is 2.36. The van der Waals surface area contributed by atoms with Gasteiger partial charge in [0.15, 0.2) is 0 Å². The van der Waals surface area contributed by atoms with E-state index in [-0.39, 0.29) is 10.6 Å². The molecule has 1 aromatic carbocycles. The monoisotopic (exact) mass is 264 g/mol. The molecule has 1 heterocycles. The Bertz CT molecular complexity index is 482. The Kier molecular flexibility index (Phi) is 4.01. The number of nitrogens with zero attached hydrogens (tertiary/aromatic N) is 3. The summed E-state index contributed by atoms with van der Waals surface area (Å²) in [6.45, 7) is 6.11. The van der Waals surface area contributed by atoms with E-state index in [1.807, 2.05) is 6.92 Å². The van der Waals surface area contributed by atoms with Crippen LogP contribution < -0.4 is 10.6 Å². The molecule has 104 valence electrons. The van der Waals surface area contributed by atoms with Crippen molar-refractivity contribution in [3.05, 3.63) is 33.4 Å². The number of nitro groups is 1. The summed E-state index contributed by atoms with van der Waals surface area (Å²) in [5.74, 6) is 0. The van der Waals surface area contributed by atoms with Crippen LogP contribution >= 0.6 is 0 Å². The molecule has 2 N–H and O–H groups in total. The van der Waals surface area contributed by atoms with Crippen molar-refractivity contribution in [1.29, 1.82) is 0 Å². The van der Waals surface area contributed by atoms with E-state index in [0.717, 1.165) is 43.0 Å². The van der Waals surface area contributed by atoms with Crippen molar-refractivity contribution in [2.75, 3.05) is 38.1 Å². The van der Waals surface area contributed by atoms with Gasteiger partial charge in [0.25, 0.3) is 5.69 Å². The lowest BCUT2D eigenvalue weighted by atomic mass is 10.0.